The first-order valence-corrected chi connectivity index (χ1v) is 6.63. The Kier molecular flexibility index (Phi) is 3.30. The van der Waals surface area contributed by atoms with Crippen molar-refractivity contribution in [1.29, 1.82) is 0 Å². The van der Waals surface area contributed by atoms with E-state index in [4.69, 9.17) is 10.8 Å². The van der Waals surface area contributed by atoms with E-state index in [0.717, 1.165) is 11.3 Å². The highest BCUT2D eigenvalue weighted by molar-refractivity contribution is 5.80. The van der Waals surface area contributed by atoms with Crippen molar-refractivity contribution >= 4 is 5.91 Å². The van der Waals surface area contributed by atoms with Gasteiger partial charge in [-0.25, -0.2) is 0 Å². The Morgan fingerprint density at radius 1 is 1.25 bits per heavy atom. The molecular formula is C17H15NO2. The summed E-state index contributed by atoms with van der Waals surface area (Å²) in [6, 6.07) is 13.4. The molecule has 0 N–H and O–H groups in total. The highest BCUT2D eigenvalue weighted by Crippen LogP contribution is 2.33. The Morgan fingerprint density at radius 3 is 2.65 bits per heavy atom. The van der Waals surface area contributed by atoms with Gasteiger partial charge in [0.25, 0.3) is 0 Å². The lowest BCUT2D eigenvalue weighted by atomic mass is 10.0. The zero-order chi connectivity index (χ0) is 13.9. The summed E-state index contributed by atoms with van der Waals surface area (Å²) >= 11 is 0. The van der Waals surface area contributed by atoms with Crippen LogP contribution in [0.2, 0.25) is 0 Å². The minimum absolute atomic E-state index is 0.0105. The molecule has 2 aromatic rings. The van der Waals surface area contributed by atoms with Gasteiger partial charge in [-0.2, -0.15) is 0 Å². The van der Waals surface area contributed by atoms with Crippen LogP contribution in [-0.2, 0) is 4.79 Å². The summed E-state index contributed by atoms with van der Waals surface area (Å²) < 4.78 is 5.53. The lowest BCUT2D eigenvalue weighted by molar-refractivity contribution is -0.129. The summed E-state index contributed by atoms with van der Waals surface area (Å²) in [5.74, 6) is 3.52. The van der Waals surface area contributed by atoms with Crippen molar-refractivity contribution in [3.05, 3.63) is 60.1 Å². The molecule has 3 rings (SSSR count). The van der Waals surface area contributed by atoms with E-state index in [1.54, 1.807) is 6.26 Å². The fraction of sp³-hybridized carbons (Fsp3) is 0.235. The number of amides is 1. The van der Waals surface area contributed by atoms with Gasteiger partial charge in [-0.15, -0.1) is 12.3 Å². The highest BCUT2D eigenvalue weighted by Gasteiger charge is 2.36. The van der Waals surface area contributed by atoms with Crippen LogP contribution in [-0.4, -0.2) is 17.4 Å². The molecule has 0 saturated carbocycles. The number of nitrogens with zero attached hydrogens (tertiary/aromatic N) is 1. The molecule has 1 amide bonds. The van der Waals surface area contributed by atoms with Gasteiger partial charge < -0.3 is 9.32 Å². The summed E-state index contributed by atoms with van der Waals surface area (Å²) in [5, 5.41) is 0. The third-order valence-corrected chi connectivity index (χ3v) is 3.63. The minimum atomic E-state index is -0.197. The predicted octanol–water partition coefficient (Wildman–Crippen LogP) is 2.85. The van der Waals surface area contributed by atoms with Gasteiger partial charge >= 0.3 is 0 Å². The van der Waals surface area contributed by atoms with E-state index < -0.39 is 0 Å². The molecule has 1 aromatic heterocycles. The van der Waals surface area contributed by atoms with Crippen LogP contribution >= 0.6 is 0 Å². The maximum atomic E-state index is 12.2. The molecule has 3 heteroatoms. The Bertz CT molecular complexity index is 625. The molecule has 1 aliphatic heterocycles. The molecule has 1 fully saturated rings. The Hall–Kier alpha value is -2.47. The summed E-state index contributed by atoms with van der Waals surface area (Å²) in [7, 11) is 0. The molecule has 100 valence electrons. The lowest BCUT2D eigenvalue weighted by Gasteiger charge is -2.26. The number of likely N-dealkylation sites (tertiary alicyclic amines) is 1. The van der Waals surface area contributed by atoms with Crippen molar-refractivity contribution < 1.29 is 9.21 Å². The monoisotopic (exact) mass is 265 g/mol. The summed E-state index contributed by atoms with van der Waals surface area (Å²) in [6.45, 7) is 0.579. The van der Waals surface area contributed by atoms with Crippen LogP contribution in [0, 0.1) is 18.3 Å². The van der Waals surface area contributed by atoms with Crippen molar-refractivity contribution in [3.63, 3.8) is 0 Å². The van der Waals surface area contributed by atoms with Gasteiger partial charge in [0.2, 0.25) is 5.91 Å². The molecule has 0 bridgehead atoms. The van der Waals surface area contributed by atoms with Crippen molar-refractivity contribution in [2.24, 2.45) is 5.92 Å². The van der Waals surface area contributed by atoms with Crippen LogP contribution in [0.15, 0.2) is 53.1 Å². The fourth-order valence-electron chi connectivity index (χ4n) is 2.67. The number of hydrogen-bond acceptors (Lipinski definition) is 2. The molecule has 2 atom stereocenters. The van der Waals surface area contributed by atoms with E-state index in [9.17, 15) is 4.79 Å². The first kappa shape index (κ1) is 12.6. The van der Waals surface area contributed by atoms with Crippen molar-refractivity contribution in [2.75, 3.05) is 6.54 Å². The molecule has 2 heterocycles. The summed E-state index contributed by atoms with van der Waals surface area (Å²) in [5.41, 5.74) is 1.04. The Labute approximate surface area is 118 Å². The average Bonchev–Trinajstić information content (AvgIpc) is 3.11. The first-order valence-electron chi connectivity index (χ1n) is 6.63. The molecular weight excluding hydrogens is 250 g/mol. The molecule has 3 nitrogen and oxygen atoms in total. The van der Waals surface area contributed by atoms with Crippen LogP contribution in [0.5, 0.6) is 0 Å². The molecule has 0 radical (unpaired) electrons. The van der Waals surface area contributed by atoms with Crippen LogP contribution in [0.25, 0.3) is 0 Å². The van der Waals surface area contributed by atoms with Gasteiger partial charge in [-0.1, -0.05) is 30.3 Å². The number of benzene rings is 1. The molecule has 1 aromatic carbocycles. The van der Waals surface area contributed by atoms with Gasteiger partial charge in [0.05, 0.1) is 6.26 Å². The van der Waals surface area contributed by atoms with E-state index in [0.29, 0.717) is 13.0 Å². The maximum absolute atomic E-state index is 12.2. The van der Waals surface area contributed by atoms with Crippen molar-refractivity contribution in [2.45, 2.75) is 12.5 Å². The maximum Gasteiger partial charge on any atom is 0.224 e. The second kappa shape index (κ2) is 5.26. The normalized spacial score (nSPS) is 19.9. The topological polar surface area (TPSA) is 33.5 Å². The molecule has 0 aliphatic carbocycles. The number of carbonyl (C=O) groups is 1. The summed E-state index contributed by atoms with van der Waals surface area (Å²) in [6.07, 6.45) is 7.51. The van der Waals surface area contributed by atoms with Gasteiger partial charge in [-0.05, 0) is 17.7 Å². The van der Waals surface area contributed by atoms with E-state index in [1.807, 2.05) is 47.4 Å². The molecule has 0 spiro atoms. The second-order valence-corrected chi connectivity index (χ2v) is 4.94. The molecule has 20 heavy (non-hydrogen) atoms. The third-order valence-electron chi connectivity index (χ3n) is 3.63. The zero-order valence-corrected chi connectivity index (χ0v) is 11.0. The largest absolute Gasteiger partial charge is 0.467 e. The SMILES string of the molecule is C#CC1CC(=O)N(C(c2ccccc2)c2ccco2)C1. The van der Waals surface area contributed by atoms with E-state index in [2.05, 4.69) is 5.92 Å². The number of rotatable bonds is 3. The number of furan rings is 1. The predicted molar refractivity (Wildman–Crippen MR) is 75.6 cm³/mol. The minimum Gasteiger partial charge on any atom is -0.467 e. The number of terminal acetylenes is 1. The quantitative estimate of drug-likeness (QED) is 0.800. The summed E-state index contributed by atoms with van der Waals surface area (Å²) in [4.78, 5) is 14.1. The van der Waals surface area contributed by atoms with Crippen LogP contribution in [0.3, 0.4) is 0 Å². The first-order chi connectivity index (χ1) is 9.79. The van der Waals surface area contributed by atoms with Crippen molar-refractivity contribution in [1.82, 2.24) is 4.90 Å². The standard InChI is InChI=1S/C17H15NO2/c1-2-13-11-16(19)18(12-13)17(15-9-6-10-20-15)14-7-4-3-5-8-14/h1,3-10,13,17H,11-12H2. The smallest absolute Gasteiger partial charge is 0.224 e. The Morgan fingerprint density at radius 2 is 2.05 bits per heavy atom. The van der Waals surface area contributed by atoms with E-state index >= 15 is 0 Å². The van der Waals surface area contributed by atoms with Gasteiger partial charge in [-0.3, -0.25) is 4.79 Å². The lowest BCUT2D eigenvalue weighted by Crippen LogP contribution is -2.30. The van der Waals surface area contributed by atoms with Crippen molar-refractivity contribution in [3.8, 4) is 12.3 Å². The molecule has 1 saturated heterocycles. The number of carbonyl (C=O) groups excluding carboxylic acids is 1. The third kappa shape index (κ3) is 2.21. The number of hydrogen-bond donors (Lipinski definition) is 0. The van der Waals surface area contributed by atoms with Gasteiger partial charge in [0, 0.05) is 18.9 Å². The second-order valence-electron chi connectivity index (χ2n) is 4.94. The molecule has 2 unspecified atom stereocenters. The average molecular weight is 265 g/mol. The van der Waals surface area contributed by atoms with Crippen LogP contribution in [0.4, 0.5) is 0 Å². The van der Waals surface area contributed by atoms with E-state index in [1.165, 1.54) is 0 Å². The van der Waals surface area contributed by atoms with Gasteiger partial charge in [0.1, 0.15) is 11.8 Å². The zero-order valence-electron chi connectivity index (χ0n) is 11.0. The molecule has 1 aliphatic rings. The van der Waals surface area contributed by atoms with Crippen LogP contribution in [0.1, 0.15) is 23.8 Å². The highest BCUT2D eigenvalue weighted by atomic mass is 16.3. The van der Waals surface area contributed by atoms with E-state index in [-0.39, 0.29) is 17.9 Å². The van der Waals surface area contributed by atoms with Gasteiger partial charge in [0.15, 0.2) is 0 Å². The fourth-order valence-corrected chi connectivity index (χ4v) is 2.67. The van der Waals surface area contributed by atoms with Crippen LogP contribution < -0.4 is 0 Å². The Balaban J connectivity index is 1.99.